The van der Waals surface area contributed by atoms with Crippen molar-refractivity contribution in [1.29, 1.82) is 0 Å². The maximum absolute atomic E-state index is 11.1. The third-order valence-corrected chi connectivity index (χ3v) is 2.62. The summed E-state index contributed by atoms with van der Waals surface area (Å²) in [5, 5.41) is 18.0. The Hall–Kier alpha value is -2.24. The molecule has 1 rings (SSSR count). The highest BCUT2D eigenvalue weighted by Gasteiger charge is 2.23. The zero-order chi connectivity index (χ0) is 13.9. The first-order chi connectivity index (χ1) is 8.42. The van der Waals surface area contributed by atoms with E-state index in [4.69, 9.17) is 19.7 Å². The number of ether oxygens (including phenoxy) is 2. The van der Waals surface area contributed by atoms with Crippen LogP contribution in [0.1, 0.15) is 28.8 Å². The summed E-state index contributed by atoms with van der Waals surface area (Å²) < 4.78 is 9.99. The first-order valence-electron chi connectivity index (χ1n) is 5.14. The summed E-state index contributed by atoms with van der Waals surface area (Å²) >= 11 is 0. The lowest BCUT2D eigenvalue weighted by molar-refractivity contribution is -0.138. The van der Waals surface area contributed by atoms with Gasteiger partial charge in [0.15, 0.2) is 0 Å². The highest BCUT2D eigenvalue weighted by Crippen LogP contribution is 2.33. The quantitative estimate of drug-likeness (QED) is 0.828. The number of carboxylic acids is 2. The fourth-order valence-corrected chi connectivity index (χ4v) is 1.56. The van der Waals surface area contributed by atoms with E-state index in [9.17, 15) is 9.59 Å². The van der Waals surface area contributed by atoms with Gasteiger partial charge in [-0.2, -0.15) is 0 Å². The van der Waals surface area contributed by atoms with Gasteiger partial charge in [0.1, 0.15) is 17.1 Å². The molecule has 0 bridgehead atoms. The van der Waals surface area contributed by atoms with Crippen LogP contribution in [0.3, 0.4) is 0 Å². The summed E-state index contributed by atoms with van der Waals surface area (Å²) in [5.74, 6) is -2.71. The normalized spacial score (nSPS) is 11.7. The van der Waals surface area contributed by atoms with Gasteiger partial charge in [0, 0.05) is 11.6 Å². The van der Waals surface area contributed by atoms with Gasteiger partial charge in [0.05, 0.1) is 20.1 Å². The number of rotatable bonds is 5. The van der Waals surface area contributed by atoms with Crippen LogP contribution in [0.2, 0.25) is 0 Å². The minimum atomic E-state index is -1.19. The molecule has 0 spiro atoms. The average molecular weight is 254 g/mol. The van der Waals surface area contributed by atoms with E-state index in [0.717, 1.165) is 0 Å². The maximum Gasteiger partial charge on any atom is 0.339 e. The molecule has 1 aromatic rings. The monoisotopic (exact) mass is 254 g/mol. The minimum absolute atomic E-state index is 0.0959. The van der Waals surface area contributed by atoms with Crippen LogP contribution in [-0.2, 0) is 4.79 Å². The van der Waals surface area contributed by atoms with Crippen LogP contribution in [0.25, 0.3) is 0 Å². The molecule has 6 nitrogen and oxygen atoms in total. The van der Waals surface area contributed by atoms with E-state index in [1.807, 2.05) is 0 Å². The topological polar surface area (TPSA) is 93.1 Å². The van der Waals surface area contributed by atoms with E-state index in [0.29, 0.717) is 5.56 Å². The molecule has 0 aliphatic rings. The first kappa shape index (κ1) is 13.8. The Morgan fingerprint density at radius 1 is 1.11 bits per heavy atom. The van der Waals surface area contributed by atoms with Crippen LogP contribution < -0.4 is 9.47 Å². The van der Waals surface area contributed by atoms with E-state index in [-0.39, 0.29) is 17.1 Å². The van der Waals surface area contributed by atoms with Gasteiger partial charge in [-0.15, -0.1) is 0 Å². The lowest BCUT2D eigenvalue weighted by Crippen LogP contribution is -2.11. The highest BCUT2D eigenvalue weighted by atomic mass is 16.5. The smallest absolute Gasteiger partial charge is 0.339 e. The molecule has 2 N–H and O–H groups in total. The summed E-state index contributed by atoms with van der Waals surface area (Å²) in [6.45, 7) is 1.46. The van der Waals surface area contributed by atoms with Crippen molar-refractivity contribution in [2.24, 2.45) is 0 Å². The third-order valence-electron chi connectivity index (χ3n) is 2.62. The fraction of sp³-hybridized carbons (Fsp3) is 0.333. The number of aliphatic carboxylic acids is 1. The van der Waals surface area contributed by atoms with Gasteiger partial charge in [-0.25, -0.2) is 4.79 Å². The molecular weight excluding hydrogens is 240 g/mol. The largest absolute Gasteiger partial charge is 0.496 e. The molecule has 98 valence electrons. The molecule has 18 heavy (non-hydrogen) atoms. The first-order valence-corrected chi connectivity index (χ1v) is 5.14. The van der Waals surface area contributed by atoms with Crippen molar-refractivity contribution in [2.45, 2.75) is 12.8 Å². The second kappa shape index (κ2) is 5.39. The Morgan fingerprint density at radius 3 is 2.06 bits per heavy atom. The van der Waals surface area contributed by atoms with E-state index in [1.165, 1.54) is 33.3 Å². The van der Waals surface area contributed by atoms with Gasteiger partial charge in [0.25, 0.3) is 0 Å². The molecule has 0 fully saturated rings. The average Bonchev–Trinajstić information content (AvgIpc) is 2.35. The zero-order valence-corrected chi connectivity index (χ0v) is 10.3. The number of aromatic carboxylic acids is 1. The second-order valence-corrected chi connectivity index (χ2v) is 3.66. The van der Waals surface area contributed by atoms with Gasteiger partial charge >= 0.3 is 11.9 Å². The van der Waals surface area contributed by atoms with E-state index >= 15 is 0 Å². The lowest BCUT2D eigenvalue weighted by Gasteiger charge is -2.15. The Kier molecular flexibility index (Phi) is 4.14. The van der Waals surface area contributed by atoms with Crippen molar-refractivity contribution in [2.75, 3.05) is 14.2 Å². The summed E-state index contributed by atoms with van der Waals surface area (Å²) in [6.07, 6.45) is 0. The molecule has 1 aromatic carbocycles. The number of carboxylic acid groups (broad SMARTS) is 2. The summed E-state index contributed by atoms with van der Waals surface area (Å²) in [5.41, 5.74) is 0.199. The SMILES string of the molecule is COc1cc(OC)c(C(C)C(=O)O)cc1C(=O)O. The second-order valence-electron chi connectivity index (χ2n) is 3.66. The number of hydrogen-bond donors (Lipinski definition) is 2. The van der Waals surface area contributed by atoms with Crippen LogP contribution in [0.5, 0.6) is 11.5 Å². The van der Waals surface area contributed by atoms with Crippen LogP contribution in [0, 0.1) is 0 Å². The van der Waals surface area contributed by atoms with Crippen molar-refractivity contribution in [3.63, 3.8) is 0 Å². The van der Waals surface area contributed by atoms with Gasteiger partial charge in [-0.3, -0.25) is 4.79 Å². The minimum Gasteiger partial charge on any atom is -0.496 e. The molecule has 0 radical (unpaired) electrons. The number of carbonyl (C=O) groups is 2. The van der Waals surface area contributed by atoms with Crippen molar-refractivity contribution < 1.29 is 29.3 Å². The summed E-state index contributed by atoms with van der Waals surface area (Å²) in [6, 6.07) is 2.64. The third kappa shape index (κ3) is 2.53. The molecule has 0 amide bonds. The van der Waals surface area contributed by atoms with E-state index in [2.05, 4.69) is 0 Å². The highest BCUT2D eigenvalue weighted by molar-refractivity contribution is 5.92. The molecule has 0 aromatic heterocycles. The molecule has 6 heteroatoms. The van der Waals surface area contributed by atoms with Crippen LogP contribution in [-0.4, -0.2) is 36.4 Å². The van der Waals surface area contributed by atoms with Crippen molar-refractivity contribution in [3.8, 4) is 11.5 Å². The Labute approximate surface area is 104 Å². The fourth-order valence-electron chi connectivity index (χ4n) is 1.56. The Morgan fingerprint density at radius 2 is 1.67 bits per heavy atom. The molecule has 0 saturated heterocycles. The molecular formula is C12H14O6. The standard InChI is InChI=1S/C12H14O6/c1-6(11(13)14)7-4-8(12(15)16)10(18-3)5-9(7)17-2/h4-6H,1-3H3,(H,13,14)(H,15,16). The van der Waals surface area contributed by atoms with Crippen molar-refractivity contribution in [1.82, 2.24) is 0 Å². The molecule has 0 aliphatic heterocycles. The van der Waals surface area contributed by atoms with Gasteiger partial charge < -0.3 is 19.7 Å². The van der Waals surface area contributed by atoms with Crippen molar-refractivity contribution >= 4 is 11.9 Å². The Bertz CT molecular complexity index is 480. The molecule has 1 atom stereocenters. The Balaban J connectivity index is 3.45. The zero-order valence-electron chi connectivity index (χ0n) is 10.3. The molecule has 0 saturated carbocycles. The lowest BCUT2D eigenvalue weighted by atomic mass is 9.97. The van der Waals surface area contributed by atoms with Gasteiger partial charge in [-0.05, 0) is 13.0 Å². The maximum atomic E-state index is 11.1. The van der Waals surface area contributed by atoms with Crippen molar-refractivity contribution in [3.05, 3.63) is 23.3 Å². The summed E-state index contributed by atoms with van der Waals surface area (Å²) in [7, 11) is 2.72. The number of benzene rings is 1. The van der Waals surface area contributed by atoms with Crippen LogP contribution in [0.4, 0.5) is 0 Å². The van der Waals surface area contributed by atoms with Crippen LogP contribution in [0.15, 0.2) is 12.1 Å². The number of hydrogen-bond acceptors (Lipinski definition) is 4. The van der Waals surface area contributed by atoms with Gasteiger partial charge in [-0.1, -0.05) is 0 Å². The predicted octanol–water partition coefficient (Wildman–Crippen LogP) is 1.59. The molecule has 0 heterocycles. The molecule has 1 unspecified atom stereocenters. The van der Waals surface area contributed by atoms with E-state index < -0.39 is 17.9 Å². The predicted molar refractivity (Wildman–Crippen MR) is 62.6 cm³/mol. The molecule has 0 aliphatic carbocycles. The number of methoxy groups -OCH3 is 2. The van der Waals surface area contributed by atoms with Crippen LogP contribution >= 0.6 is 0 Å². The summed E-state index contributed by atoms with van der Waals surface area (Å²) in [4.78, 5) is 22.0. The van der Waals surface area contributed by atoms with E-state index in [1.54, 1.807) is 0 Å². The van der Waals surface area contributed by atoms with Gasteiger partial charge in [0.2, 0.25) is 0 Å².